The predicted molar refractivity (Wildman–Crippen MR) is 157 cm³/mol. The molecule has 2 aromatic rings. The molecule has 2 heterocycles. The summed E-state index contributed by atoms with van der Waals surface area (Å²) in [7, 11) is 0. The summed E-state index contributed by atoms with van der Waals surface area (Å²) < 4.78 is 5.40. The van der Waals surface area contributed by atoms with Crippen molar-refractivity contribution in [1.82, 2.24) is 15.4 Å². The van der Waals surface area contributed by atoms with Crippen LogP contribution < -0.4 is 10.2 Å². The maximum atomic E-state index is 12.5. The first kappa shape index (κ1) is 31.7. The summed E-state index contributed by atoms with van der Waals surface area (Å²) >= 11 is 1.52. The maximum absolute atomic E-state index is 12.5. The lowest BCUT2D eigenvalue weighted by molar-refractivity contribution is -0.194. The number of benzene rings is 1. The molecule has 0 saturated carbocycles. The van der Waals surface area contributed by atoms with Crippen LogP contribution in [0.3, 0.4) is 0 Å². The Morgan fingerprint density at radius 2 is 1.65 bits per heavy atom. The minimum atomic E-state index is -0.958. The fraction of sp³-hybridized carbons (Fsp3) is 0.600. The van der Waals surface area contributed by atoms with Gasteiger partial charge in [-0.05, 0) is 24.1 Å². The molecule has 0 unspecified atom stereocenters. The van der Waals surface area contributed by atoms with Gasteiger partial charge in [-0.3, -0.25) is 9.59 Å². The van der Waals surface area contributed by atoms with Gasteiger partial charge in [0.25, 0.3) is 5.91 Å². The number of morpholine rings is 1. The van der Waals surface area contributed by atoms with Gasteiger partial charge in [-0.25, -0.2) is 9.78 Å². The number of amides is 1. The standard InChI is InChI=1S/C30H44N4O5S/c1-2-3-4-5-6-7-8-9-10-11-16-31-29(37)26-14-12-25(13-15-26)22-34(39-28(36)24-35)23-27-21-32-30(40-27)33-17-19-38-20-18-33/h12-15,21,24H,2-11,16-20,22-23H2,1H3,(H,31,37). The lowest BCUT2D eigenvalue weighted by Gasteiger charge is -2.26. The normalized spacial score (nSPS) is 13.4. The molecule has 3 rings (SSSR count). The van der Waals surface area contributed by atoms with E-state index in [4.69, 9.17) is 9.57 Å². The first-order valence-electron chi connectivity index (χ1n) is 14.7. The quantitative estimate of drug-likeness (QED) is 0.105. The molecule has 1 N–H and O–H groups in total. The molecule has 1 saturated heterocycles. The Morgan fingerprint density at radius 1 is 1.00 bits per heavy atom. The van der Waals surface area contributed by atoms with E-state index in [-0.39, 0.29) is 18.7 Å². The number of carbonyl (C=O) groups excluding carboxylic acids is 3. The van der Waals surface area contributed by atoms with Crippen LogP contribution in [0, 0.1) is 0 Å². The molecule has 1 aromatic heterocycles. The van der Waals surface area contributed by atoms with Crippen LogP contribution in [0.4, 0.5) is 5.13 Å². The number of anilines is 1. The fourth-order valence-corrected chi connectivity index (χ4v) is 5.56. The number of rotatable bonds is 19. The molecule has 0 bridgehead atoms. The molecule has 10 heteroatoms. The van der Waals surface area contributed by atoms with Gasteiger partial charge in [0.15, 0.2) is 5.13 Å². The smallest absolute Gasteiger partial charge is 0.378 e. The van der Waals surface area contributed by atoms with Gasteiger partial charge in [0.05, 0.1) is 26.3 Å². The molecular weight excluding hydrogens is 528 g/mol. The van der Waals surface area contributed by atoms with Crippen molar-refractivity contribution in [2.75, 3.05) is 37.7 Å². The molecule has 9 nitrogen and oxygen atoms in total. The highest BCUT2D eigenvalue weighted by Crippen LogP contribution is 2.25. The SMILES string of the molecule is CCCCCCCCCCCCNC(=O)c1ccc(CN(Cc2cnc(N3CCOCC3)s2)OC(=O)C=O)cc1. The van der Waals surface area contributed by atoms with Crippen LogP contribution in [0.5, 0.6) is 0 Å². The van der Waals surface area contributed by atoms with Crippen molar-refractivity contribution in [1.29, 1.82) is 0 Å². The first-order valence-corrected chi connectivity index (χ1v) is 15.5. The van der Waals surface area contributed by atoms with E-state index in [1.54, 1.807) is 18.3 Å². The highest BCUT2D eigenvalue weighted by Gasteiger charge is 2.18. The number of unbranched alkanes of at least 4 members (excludes halogenated alkanes) is 9. The Balaban J connectivity index is 1.40. The minimum absolute atomic E-state index is 0.0907. The Morgan fingerprint density at radius 3 is 2.30 bits per heavy atom. The van der Waals surface area contributed by atoms with Gasteiger partial charge in [0.2, 0.25) is 6.29 Å². The molecule has 0 atom stereocenters. The Hall–Kier alpha value is -2.82. The van der Waals surface area contributed by atoms with E-state index in [0.29, 0.717) is 31.9 Å². The summed E-state index contributed by atoms with van der Waals surface area (Å²) in [5, 5.41) is 5.34. The van der Waals surface area contributed by atoms with Crippen molar-refractivity contribution < 1.29 is 24.0 Å². The molecule has 1 amide bonds. The second-order valence-electron chi connectivity index (χ2n) is 10.2. The van der Waals surface area contributed by atoms with E-state index in [1.807, 2.05) is 12.1 Å². The highest BCUT2D eigenvalue weighted by molar-refractivity contribution is 7.15. The monoisotopic (exact) mass is 572 g/mol. The summed E-state index contributed by atoms with van der Waals surface area (Å²) in [6.07, 6.45) is 14.5. The van der Waals surface area contributed by atoms with Gasteiger partial charge in [-0.1, -0.05) is 76.8 Å². The fourth-order valence-electron chi connectivity index (χ4n) is 4.60. The number of hydrogen-bond donors (Lipinski definition) is 1. The van der Waals surface area contributed by atoms with E-state index in [0.717, 1.165) is 41.5 Å². The van der Waals surface area contributed by atoms with Crippen molar-refractivity contribution in [3.63, 3.8) is 0 Å². The minimum Gasteiger partial charge on any atom is -0.378 e. The number of ether oxygens (including phenoxy) is 1. The average molecular weight is 573 g/mol. The summed E-state index contributed by atoms with van der Waals surface area (Å²) in [6.45, 7) is 6.40. The summed E-state index contributed by atoms with van der Waals surface area (Å²) in [5.41, 5.74) is 1.44. The number of hydrogen-bond acceptors (Lipinski definition) is 9. The van der Waals surface area contributed by atoms with Crippen molar-refractivity contribution >= 4 is 34.6 Å². The third-order valence-electron chi connectivity index (χ3n) is 6.86. The van der Waals surface area contributed by atoms with E-state index < -0.39 is 5.97 Å². The maximum Gasteiger partial charge on any atom is 0.390 e. The third kappa shape index (κ3) is 11.7. The third-order valence-corrected chi connectivity index (χ3v) is 7.90. The van der Waals surface area contributed by atoms with Crippen molar-refractivity contribution in [3.05, 3.63) is 46.5 Å². The second-order valence-corrected chi connectivity index (χ2v) is 11.3. The number of carbonyl (C=O) groups is 3. The largest absolute Gasteiger partial charge is 0.390 e. The van der Waals surface area contributed by atoms with E-state index in [1.165, 1.54) is 67.8 Å². The predicted octanol–water partition coefficient (Wildman–Crippen LogP) is 5.29. The number of nitrogens with one attached hydrogen (secondary N) is 1. The Bertz CT molecular complexity index is 1020. The zero-order valence-electron chi connectivity index (χ0n) is 23.8. The molecule has 0 aliphatic carbocycles. The lowest BCUT2D eigenvalue weighted by Crippen LogP contribution is -2.36. The van der Waals surface area contributed by atoms with Gasteiger partial charge in [0, 0.05) is 36.3 Å². The molecule has 1 fully saturated rings. The number of aromatic nitrogens is 1. The van der Waals surface area contributed by atoms with Crippen LogP contribution in [0.25, 0.3) is 0 Å². The second kappa shape index (κ2) is 18.5. The zero-order valence-corrected chi connectivity index (χ0v) is 24.6. The Labute approximate surface area is 242 Å². The van der Waals surface area contributed by atoms with Gasteiger partial charge in [0.1, 0.15) is 0 Å². The van der Waals surface area contributed by atoms with Gasteiger partial charge in [-0.15, -0.1) is 16.4 Å². The molecule has 0 radical (unpaired) electrons. The van der Waals surface area contributed by atoms with E-state index >= 15 is 0 Å². The first-order chi connectivity index (χ1) is 19.6. The van der Waals surface area contributed by atoms with Crippen LogP contribution in [-0.4, -0.2) is 61.1 Å². The Kier molecular flexibility index (Phi) is 14.7. The molecule has 1 aliphatic heterocycles. The number of aldehydes is 1. The van der Waals surface area contributed by atoms with Crippen LogP contribution in [0.15, 0.2) is 30.5 Å². The number of thiazole rings is 1. The van der Waals surface area contributed by atoms with Crippen molar-refractivity contribution in [3.8, 4) is 0 Å². The topological polar surface area (TPSA) is 101 Å². The molecule has 1 aromatic carbocycles. The molecule has 40 heavy (non-hydrogen) atoms. The van der Waals surface area contributed by atoms with E-state index in [2.05, 4.69) is 22.1 Å². The molecule has 220 valence electrons. The van der Waals surface area contributed by atoms with Gasteiger partial charge >= 0.3 is 5.97 Å². The van der Waals surface area contributed by atoms with Crippen LogP contribution >= 0.6 is 11.3 Å². The van der Waals surface area contributed by atoms with Crippen molar-refractivity contribution in [2.45, 2.75) is 84.2 Å². The van der Waals surface area contributed by atoms with Crippen LogP contribution in [0.1, 0.15) is 91.9 Å². The summed E-state index contributed by atoms with van der Waals surface area (Å²) in [5.74, 6) is -1.05. The van der Waals surface area contributed by atoms with Crippen LogP contribution in [0.2, 0.25) is 0 Å². The van der Waals surface area contributed by atoms with Crippen molar-refractivity contribution in [2.24, 2.45) is 0 Å². The number of hydroxylamine groups is 2. The number of nitrogens with zero attached hydrogens (tertiary/aromatic N) is 3. The zero-order chi connectivity index (χ0) is 28.4. The summed E-state index contributed by atoms with van der Waals surface area (Å²) in [4.78, 5) is 48.0. The molecule has 0 spiro atoms. The molecule has 1 aliphatic rings. The van der Waals surface area contributed by atoms with Crippen LogP contribution in [-0.2, 0) is 32.3 Å². The summed E-state index contributed by atoms with van der Waals surface area (Å²) in [6, 6.07) is 7.21. The van der Waals surface area contributed by atoms with Gasteiger partial charge < -0.3 is 19.8 Å². The lowest BCUT2D eigenvalue weighted by atomic mass is 10.1. The molecular formula is C30H44N4O5S. The average Bonchev–Trinajstić information content (AvgIpc) is 3.45. The van der Waals surface area contributed by atoms with E-state index in [9.17, 15) is 14.4 Å². The highest BCUT2D eigenvalue weighted by atomic mass is 32.1. The van der Waals surface area contributed by atoms with Gasteiger partial charge in [-0.2, -0.15) is 0 Å².